The maximum absolute atomic E-state index is 5.84. The lowest BCUT2D eigenvalue weighted by Crippen LogP contribution is -2.37. The molecule has 0 spiro atoms. The minimum atomic E-state index is 0. The molecule has 2 aromatic carbocycles. The first-order chi connectivity index (χ1) is 14.8. The molecule has 0 radical (unpaired) electrons. The number of ether oxygens (including phenoxy) is 3. The van der Waals surface area contributed by atoms with Crippen molar-refractivity contribution in [3.05, 3.63) is 65.7 Å². The fourth-order valence-electron chi connectivity index (χ4n) is 3.20. The van der Waals surface area contributed by atoms with Gasteiger partial charge in [0.05, 0.1) is 13.2 Å². The Kier molecular flexibility index (Phi) is 12.3. The van der Waals surface area contributed by atoms with Gasteiger partial charge in [0.1, 0.15) is 12.4 Å². The van der Waals surface area contributed by atoms with Gasteiger partial charge in [-0.1, -0.05) is 42.5 Å². The van der Waals surface area contributed by atoms with Gasteiger partial charge in [0, 0.05) is 39.3 Å². The number of nitrogens with one attached hydrogen (secondary N) is 2. The lowest BCUT2D eigenvalue weighted by atomic mass is 10.1. The van der Waals surface area contributed by atoms with Gasteiger partial charge in [-0.3, -0.25) is 4.99 Å². The largest absolute Gasteiger partial charge is 0.489 e. The van der Waals surface area contributed by atoms with E-state index >= 15 is 0 Å². The molecule has 1 unspecified atom stereocenters. The van der Waals surface area contributed by atoms with Gasteiger partial charge >= 0.3 is 0 Å². The van der Waals surface area contributed by atoms with E-state index in [4.69, 9.17) is 14.2 Å². The molecular weight excluding hydrogens is 505 g/mol. The van der Waals surface area contributed by atoms with E-state index in [1.807, 2.05) is 30.3 Å². The van der Waals surface area contributed by atoms with E-state index in [-0.39, 0.29) is 24.0 Å². The molecule has 2 N–H and O–H groups in total. The molecule has 2 aromatic rings. The van der Waals surface area contributed by atoms with Crippen LogP contribution >= 0.6 is 24.0 Å². The zero-order valence-corrected chi connectivity index (χ0v) is 20.5. The molecule has 7 heteroatoms. The van der Waals surface area contributed by atoms with Gasteiger partial charge in [-0.2, -0.15) is 0 Å². The number of benzene rings is 2. The first kappa shape index (κ1) is 25.4. The minimum Gasteiger partial charge on any atom is -0.489 e. The Morgan fingerprint density at radius 3 is 2.58 bits per heavy atom. The average molecular weight is 539 g/mol. The Hall–Kier alpha value is -1.84. The van der Waals surface area contributed by atoms with Crippen LogP contribution in [-0.2, 0) is 22.6 Å². The van der Waals surface area contributed by atoms with Crippen LogP contribution in [0.1, 0.15) is 24.0 Å². The normalized spacial score (nSPS) is 15.9. The molecule has 31 heavy (non-hydrogen) atoms. The summed E-state index contributed by atoms with van der Waals surface area (Å²) in [6, 6.07) is 18.3. The van der Waals surface area contributed by atoms with Crippen molar-refractivity contribution in [2.45, 2.75) is 26.0 Å². The van der Waals surface area contributed by atoms with Crippen LogP contribution in [-0.4, -0.2) is 46.0 Å². The first-order valence-electron chi connectivity index (χ1n) is 10.7. The highest BCUT2D eigenvalue weighted by Gasteiger charge is 2.15. The number of halogens is 1. The molecule has 1 fully saturated rings. The molecule has 0 bridgehead atoms. The summed E-state index contributed by atoms with van der Waals surface area (Å²) in [4.78, 5) is 4.28. The molecular formula is C24H34IN3O3. The Morgan fingerprint density at radius 1 is 1.06 bits per heavy atom. The van der Waals surface area contributed by atoms with Crippen molar-refractivity contribution in [3.8, 4) is 5.75 Å². The molecule has 1 atom stereocenters. The van der Waals surface area contributed by atoms with E-state index in [9.17, 15) is 0 Å². The maximum atomic E-state index is 5.84. The van der Waals surface area contributed by atoms with Crippen molar-refractivity contribution >= 4 is 29.9 Å². The van der Waals surface area contributed by atoms with E-state index < -0.39 is 0 Å². The van der Waals surface area contributed by atoms with Crippen LogP contribution in [0.2, 0.25) is 0 Å². The highest BCUT2D eigenvalue weighted by Crippen LogP contribution is 2.14. The van der Waals surface area contributed by atoms with E-state index in [1.54, 1.807) is 7.05 Å². The molecule has 0 amide bonds. The number of rotatable bonds is 11. The number of aliphatic imine (C=N–C) groups is 1. The van der Waals surface area contributed by atoms with Crippen molar-refractivity contribution in [1.29, 1.82) is 0 Å². The van der Waals surface area contributed by atoms with Crippen molar-refractivity contribution in [2.24, 2.45) is 10.9 Å². The molecule has 1 aliphatic rings. The second-order valence-electron chi connectivity index (χ2n) is 7.43. The molecule has 0 aromatic heterocycles. The van der Waals surface area contributed by atoms with Gasteiger partial charge in [0.2, 0.25) is 0 Å². The summed E-state index contributed by atoms with van der Waals surface area (Å²) < 4.78 is 16.9. The minimum absolute atomic E-state index is 0. The van der Waals surface area contributed by atoms with Gasteiger partial charge in [-0.25, -0.2) is 0 Å². The van der Waals surface area contributed by atoms with E-state index in [0.717, 1.165) is 63.1 Å². The fraction of sp³-hybridized carbons (Fsp3) is 0.458. The quantitative estimate of drug-likeness (QED) is 0.196. The first-order valence-corrected chi connectivity index (χ1v) is 10.7. The molecule has 0 aliphatic carbocycles. The average Bonchev–Trinajstić information content (AvgIpc) is 3.32. The molecule has 6 nitrogen and oxygen atoms in total. The van der Waals surface area contributed by atoms with Gasteiger partial charge in [-0.15, -0.1) is 24.0 Å². The third-order valence-electron chi connectivity index (χ3n) is 4.99. The second-order valence-corrected chi connectivity index (χ2v) is 7.43. The monoisotopic (exact) mass is 539 g/mol. The third kappa shape index (κ3) is 9.88. The highest BCUT2D eigenvalue weighted by molar-refractivity contribution is 14.0. The number of guanidine groups is 1. The van der Waals surface area contributed by atoms with Crippen LogP contribution in [0.15, 0.2) is 59.6 Å². The Balaban J connectivity index is 0.00000341. The van der Waals surface area contributed by atoms with Gasteiger partial charge in [0.15, 0.2) is 5.96 Å². The summed E-state index contributed by atoms with van der Waals surface area (Å²) >= 11 is 0. The summed E-state index contributed by atoms with van der Waals surface area (Å²) in [5, 5.41) is 6.67. The summed E-state index contributed by atoms with van der Waals surface area (Å²) in [6.45, 7) is 5.38. The van der Waals surface area contributed by atoms with Crippen LogP contribution < -0.4 is 15.4 Å². The lowest BCUT2D eigenvalue weighted by molar-refractivity contribution is 0.0888. The van der Waals surface area contributed by atoms with Crippen molar-refractivity contribution < 1.29 is 14.2 Å². The summed E-state index contributed by atoms with van der Waals surface area (Å²) in [5.74, 6) is 2.24. The van der Waals surface area contributed by atoms with Crippen LogP contribution in [0.25, 0.3) is 0 Å². The van der Waals surface area contributed by atoms with Crippen molar-refractivity contribution in [1.82, 2.24) is 10.6 Å². The molecule has 1 saturated heterocycles. The smallest absolute Gasteiger partial charge is 0.191 e. The molecule has 1 heterocycles. The predicted octanol–water partition coefficient (Wildman–Crippen LogP) is 3.99. The van der Waals surface area contributed by atoms with E-state index in [0.29, 0.717) is 19.1 Å². The number of hydrogen-bond acceptors (Lipinski definition) is 4. The summed E-state index contributed by atoms with van der Waals surface area (Å²) in [5.41, 5.74) is 2.34. The van der Waals surface area contributed by atoms with Gasteiger partial charge < -0.3 is 24.8 Å². The maximum Gasteiger partial charge on any atom is 0.191 e. The Bertz CT molecular complexity index is 750. The number of nitrogens with zero attached hydrogens (tertiary/aromatic N) is 1. The van der Waals surface area contributed by atoms with Crippen molar-refractivity contribution in [2.75, 3.05) is 40.0 Å². The topological polar surface area (TPSA) is 64.1 Å². The predicted molar refractivity (Wildman–Crippen MR) is 135 cm³/mol. The molecule has 3 rings (SSSR count). The Labute approximate surface area is 202 Å². The SMILES string of the molecule is CN=C(NCCCOCC1CCOC1)NCc1ccc(OCc2ccccc2)cc1.I. The molecule has 170 valence electrons. The van der Waals surface area contributed by atoms with Crippen LogP contribution in [0.3, 0.4) is 0 Å². The van der Waals surface area contributed by atoms with Crippen molar-refractivity contribution in [3.63, 3.8) is 0 Å². The van der Waals surface area contributed by atoms with Crippen LogP contribution in [0.5, 0.6) is 5.75 Å². The number of hydrogen-bond donors (Lipinski definition) is 2. The zero-order valence-electron chi connectivity index (χ0n) is 18.2. The summed E-state index contributed by atoms with van der Waals surface area (Å²) in [7, 11) is 1.78. The highest BCUT2D eigenvalue weighted by atomic mass is 127. The Morgan fingerprint density at radius 2 is 1.87 bits per heavy atom. The lowest BCUT2D eigenvalue weighted by Gasteiger charge is -2.13. The zero-order chi connectivity index (χ0) is 20.9. The van der Waals surface area contributed by atoms with Crippen LogP contribution in [0.4, 0.5) is 0 Å². The van der Waals surface area contributed by atoms with E-state index in [2.05, 4.69) is 39.9 Å². The van der Waals surface area contributed by atoms with Gasteiger partial charge in [0.25, 0.3) is 0 Å². The third-order valence-corrected chi connectivity index (χ3v) is 4.99. The standard InChI is InChI=1S/C24H33N3O3.HI/c1-25-24(26-13-5-14-28-17-22-12-15-29-18-22)27-16-20-8-10-23(11-9-20)30-19-21-6-3-2-4-7-21;/h2-4,6-11,22H,5,12-19H2,1H3,(H2,25,26,27);1H. The fourth-order valence-corrected chi connectivity index (χ4v) is 3.20. The molecule has 1 aliphatic heterocycles. The van der Waals surface area contributed by atoms with Gasteiger partial charge in [-0.05, 0) is 36.1 Å². The van der Waals surface area contributed by atoms with Crippen LogP contribution in [0, 0.1) is 5.92 Å². The summed E-state index contributed by atoms with van der Waals surface area (Å²) in [6.07, 6.45) is 2.07. The molecule has 0 saturated carbocycles. The second kappa shape index (κ2) is 15.0. The van der Waals surface area contributed by atoms with E-state index in [1.165, 1.54) is 5.56 Å².